The van der Waals surface area contributed by atoms with Gasteiger partial charge in [-0.15, -0.1) is 0 Å². The number of hydrogen-bond donors (Lipinski definition) is 1. The molecule has 1 N–H and O–H groups in total. The third-order valence-electron chi connectivity index (χ3n) is 4.71. The molecule has 0 heterocycles. The molecule has 34 heavy (non-hydrogen) atoms. The van der Waals surface area contributed by atoms with E-state index in [0.29, 0.717) is 29.2 Å². The zero-order valence-electron chi connectivity index (χ0n) is 19.1. The van der Waals surface area contributed by atoms with Crippen molar-refractivity contribution in [3.8, 4) is 17.2 Å². The van der Waals surface area contributed by atoms with Crippen LogP contribution >= 0.6 is 15.9 Å². The summed E-state index contributed by atoms with van der Waals surface area (Å²) in [4.78, 5) is 24.5. The minimum Gasteiger partial charge on any atom is -0.490 e. The highest BCUT2D eigenvalue weighted by atomic mass is 79.9. The van der Waals surface area contributed by atoms with Gasteiger partial charge in [0.05, 0.1) is 18.4 Å². The number of nitrogens with one attached hydrogen (secondary N) is 1. The average molecular weight is 525 g/mol. The van der Waals surface area contributed by atoms with Crippen molar-refractivity contribution in [1.29, 1.82) is 0 Å². The maximum Gasteiger partial charge on any atom is 0.343 e. The highest BCUT2D eigenvalue weighted by Gasteiger charge is 2.13. The molecule has 0 fully saturated rings. The van der Waals surface area contributed by atoms with Crippen LogP contribution in [0.2, 0.25) is 0 Å². The number of esters is 1. The lowest BCUT2D eigenvalue weighted by molar-refractivity contribution is -0.123. The molecule has 7 nitrogen and oxygen atoms in total. The summed E-state index contributed by atoms with van der Waals surface area (Å²) in [5.74, 6) is 0.491. The van der Waals surface area contributed by atoms with Crippen molar-refractivity contribution >= 4 is 34.0 Å². The van der Waals surface area contributed by atoms with Gasteiger partial charge >= 0.3 is 5.97 Å². The predicted octanol–water partition coefficient (Wildman–Crippen LogP) is 5.21. The van der Waals surface area contributed by atoms with Gasteiger partial charge in [0, 0.05) is 4.47 Å². The Morgan fingerprint density at radius 3 is 2.35 bits per heavy atom. The van der Waals surface area contributed by atoms with Crippen molar-refractivity contribution in [3.05, 3.63) is 87.4 Å². The molecule has 3 aromatic rings. The summed E-state index contributed by atoms with van der Waals surface area (Å²) in [6, 6.07) is 17.7. The van der Waals surface area contributed by atoms with Gasteiger partial charge in [-0.05, 0) is 79.9 Å². The fourth-order valence-electron chi connectivity index (χ4n) is 3.08. The van der Waals surface area contributed by atoms with E-state index < -0.39 is 5.97 Å². The Morgan fingerprint density at radius 1 is 0.971 bits per heavy atom. The molecule has 0 saturated carbocycles. The van der Waals surface area contributed by atoms with Crippen LogP contribution in [0.4, 0.5) is 0 Å². The van der Waals surface area contributed by atoms with Crippen LogP contribution in [0.15, 0.2) is 70.2 Å². The van der Waals surface area contributed by atoms with E-state index in [1.54, 1.807) is 42.5 Å². The Balaban J connectivity index is 1.61. The Bertz CT molecular complexity index is 1170. The molecule has 0 unspecified atom stereocenters. The number of para-hydroxylation sites is 1. The monoisotopic (exact) mass is 524 g/mol. The van der Waals surface area contributed by atoms with Crippen molar-refractivity contribution in [2.24, 2.45) is 5.10 Å². The van der Waals surface area contributed by atoms with E-state index in [1.807, 2.05) is 39.0 Å². The molecule has 176 valence electrons. The highest BCUT2D eigenvalue weighted by molar-refractivity contribution is 9.10. The van der Waals surface area contributed by atoms with Crippen LogP contribution in [0.3, 0.4) is 0 Å². The van der Waals surface area contributed by atoms with Crippen molar-refractivity contribution in [2.45, 2.75) is 20.8 Å². The molecule has 0 radical (unpaired) electrons. The zero-order chi connectivity index (χ0) is 24.5. The molecule has 0 aliphatic rings. The van der Waals surface area contributed by atoms with Gasteiger partial charge in [0.25, 0.3) is 5.91 Å². The second kappa shape index (κ2) is 12.0. The molecule has 3 rings (SSSR count). The van der Waals surface area contributed by atoms with Crippen molar-refractivity contribution in [1.82, 2.24) is 5.43 Å². The molecule has 8 heteroatoms. The van der Waals surface area contributed by atoms with E-state index >= 15 is 0 Å². The molecule has 0 atom stereocenters. The third kappa shape index (κ3) is 6.92. The smallest absolute Gasteiger partial charge is 0.343 e. The highest BCUT2D eigenvalue weighted by Crippen LogP contribution is 2.29. The maximum absolute atomic E-state index is 12.4. The van der Waals surface area contributed by atoms with E-state index in [1.165, 1.54) is 6.21 Å². The number of carbonyl (C=O) groups excluding carboxylic acids is 2. The number of rotatable bonds is 9. The van der Waals surface area contributed by atoms with Crippen LogP contribution in [0.1, 0.15) is 34.0 Å². The number of nitrogens with zero attached hydrogens (tertiary/aromatic N) is 1. The fraction of sp³-hybridized carbons (Fsp3) is 0.192. The summed E-state index contributed by atoms with van der Waals surface area (Å²) >= 11 is 3.34. The first-order chi connectivity index (χ1) is 16.4. The number of amides is 1. The molecule has 0 aliphatic heterocycles. The summed E-state index contributed by atoms with van der Waals surface area (Å²) in [6.07, 6.45) is 1.47. The molecule has 0 aliphatic carbocycles. The molecule has 0 spiro atoms. The lowest BCUT2D eigenvalue weighted by Gasteiger charge is -2.11. The van der Waals surface area contributed by atoms with Crippen LogP contribution < -0.4 is 19.6 Å². The quantitative estimate of drug-likeness (QED) is 0.179. The van der Waals surface area contributed by atoms with E-state index in [-0.39, 0.29) is 18.3 Å². The van der Waals surface area contributed by atoms with Crippen molar-refractivity contribution < 1.29 is 23.8 Å². The summed E-state index contributed by atoms with van der Waals surface area (Å²) in [7, 11) is 0. The molecule has 1 amide bonds. The second-order valence-corrected chi connectivity index (χ2v) is 8.25. The molecule has 0 bridgehead atoms. The first kappa shape index (κ1) is 25.0. The van der Waals surface area contributed by atoms with Gasteiger partial charge in [-0.2, -0.15) is 5.10 Å². The van der Waals surface area contributed by atoms with E-state index in [4.69, 9.17) is 14.2 Å². The number of ether oxygens (including phenoxy) is 3. The maximum atomic E-state index is 12.4. The van der Waals surface area contributed by atoms with E-state index in [2.05, 4.69) is 26.5 Å². The summed E-state index contributed by atoms with van der Waals surface area (Å²) in [5, 5.41) is 3.97. The van der Waals surface area contributed by atoms with Gasteiger partial charge in [-0.1, -0.05) is 34.1 Å². The lowest BCUT2D eigenvalue weighted by Crippen LogP contribution is -2.25. The first-order valence-corrected chi connectivity index (χ1v) is 11.4. The number of benzene rings is 3. The Morgan fingerprint density at radius 2 is 1.68 bits per heavy atom. The number of hydrogen-bond acceptors (Lipinski definition) is 6. The van der Waals surface area contributed by atoms with Gasteiger partial charge in [-0.25, -0.2) is 10.2 Å². The third-order valence-corrected chi connectivity index (χ3v) is 5.24. The van der Waals surface area contributed by atoms with Gasteiger partial charge in [0.15, 0.2) is 18.1 Å². The zero-order valence-corrected chi connectivity index (χ0v) is 20.7. The SMILES string of the molecule is CCOc1cc(/C=N/NC(=O)COc2c(C)cccc2C)ccc1OC(=O)c1ccc(Br)cc1. The normalized spacial score (nSPS) is 10.7. The van der Waals surface area contributed by atoms with Crippen LogP contribution in [0.25, 0.3) is 0 Å². The number of halogens is 1. The Labute approximate surface area is 206 Å². The van der Waals surface area contributed by atoms with Crippen LogP contribution in [-0.2, 0) is 4.79 Å². The molecular formula is C26H25BrN2O5. The van der Waals surface area contributed by atoms with E-state index in [0.717, 1.165) is 15.6 Å². The van der Waals surface area contributed by atoms with Crippen molar-refractivity contribution in [2.75, 3.05) is 13.2 Å². The topological polar surface area (TPSA) is 86.2 Å². The number of hydrazone groups is 1. The van der Waals surface area contributed by atoms with Gasteiger partial charge in [-0.3, -0.25) is 4.79 Å². The van der Waals surface area contributed by atoms with Crippen LogP contribution in [0, 0.1) is 13.8 Å². The van der Waals surface area contributed by atoms with Crippen LogP contribution in [-0.4, -0.2) is 31.3 Å². The number of carbonyl (C=O) groups is 2. The minimum absolute atomic E-state index is 0.155. The molecular weight excluding hydrogens is 500 g/mol. The van der Waals surface area contributed by atoms with Crippen molar-refractivity contribution in [3.63, 3.8) is 0 Å². The first-order valence-electron chi connectivity index (χ1n) is 10.6. The van der Waals surface area contributed by atoms with Gasteiger partial charge in [0.2, 0.25) is 0 Å². The molecule has 3 aromatic carbocycles. The second-order valence-electron chi connectivity index (χ2n) is 7.34. The van der Waals surface area contributed by atoms with Gasteiger partial charge < -0.3 is 14.2 Å². The van der Waals surface area contributed by atoms with Crippen LogP contribution in [0.5, 0.6) is 17.2 Å². The molecule has 0 saturated heterocycles. The van der Waals surface area contributed by atoms with E-state index in [9.17, 15) is 9.59 Å². The number of aryl methyl sites for hydroxylation is 2. The Kier molecular flexibility index (Phi) is 8.81. The summed E-state index contributed by atoms with van der Waals surface area (Å²) < 4.78 is 17.6. The summed E-state index contributed by atoms with van der Waals surface area (Å²) in [6.45, 7) is 5.91. The fourth-order valence-corrected chi connectivity index (χ4v) is 3.34. The Hall–Kier alpha value is -3.65. The predicted molar refractivity (Wildman–Crippen MR) is 134 cm³/mol. The summed E-state index contributed by atoms with van der Waals surface area (Å²) in [5.41, 5.74) is 5.43. The minimum atomic E-state index is -0.494. The average Bonchev–Trinajstić information content (AvgIpc) is 2.81. The molecule has 0 aromatic heterocycles. The van der Waals surface area contributed by atoms with Gasteiger partial charge in [0.1, 0.15) is 5.75 Å². The standard InChI is InChI=1S/C26H25BrN2O5/c1-4-32-23-14-19(8-13-22(23)34-26(31)20-9-11-21(27)12-10-20)15-28-29-24(30)16-33-25-17(2)6-5-7-18(25)3/h5-15H,4,16H2,1-3H3,(H,29,30)/b28-15+. The lowest BCUT2D eigenvalue weighted by atomic mass is 10.1. The largest absolute Gasteiger partial charge is 0.490 e.